The lowest BCUT2D eigenvalue weighted by Crippen LogP contribution is -2.45. The Hall–Kier alpha value is -0.0800. The highest BCUT2D eigenvalue weighted by molar-refractivity contribution is 4.95. The fraction of sp³-hybridized carbons (Fsp3) is 1.00. The molecule has 0 N–H and O–H groups in total. The predicted octanol–water partition coefficient (Wildman–Crippen LogP) is 1.12. The van der Waals surface area contributed by atoms with Crippen molar-refractivity contribution in [3.8, 4) is 0 Å². The molecule has 11 heavy (non-hydrogen) atoms. The molecule has 0 radical (unpaired) electrons. The summed E-state index contributed by atoms with van der Waals surface area (Å²) in [5.74, 6) is 0. The lowest BCUT2D eigenvalue weighted by Gasteiger charge is -2.38. The van der Waals surface area contributed by atoms with Crippen LogP contribution in [0.1, 0.15) is 20.3 Å². The highest BCUT2D eigenvalue weighted by atomic mass is 16.5. The van der Waals surface area contributed by atoms with Crippen LogP contribution in [0.25, 0.3) is 0 Å². The first-order valence-electron chi connectivity index (χ1n) is 4.54. The number of likely N-dealkylation sites (tertiary alicyclic amines) is 1. The van der Waals surface area contributed by atoms with Gasteiger partial charge >= 0.3 is 0 Å². The molecule has 0 bridgehead atoms. The Balaban J connectivity index is 1.93. The molecule has 1 spiro atoms. The SMILES string of the molecule is CC(C)N1CCC2(COC2)C1. The summed E-state index contributed by atoms with van der Waals surface area (Å²) in [6.45, 7) is 9.12. The summed E-state index contributed by atoms with van der Waals surface area (Å²) in [5, 5.41) is 0. The number of rotatable bonds is 1. The lowest BCUT2D eigenvalue weighted by molar-refractivity contribution is -0.105. The fourth-order valence-corrected chi connectivity index (χ4v) is 2.04. The van der Waals surface area contributed by atoms with Gasteiger partial charge in [-0.3, -0.25) is 0 Å². The lowest BCUT2D eigenvalue weighted by atomic mass is 9.85. The van der Waals surface area contributed by atoms with Gasteiger partial charge in [-0.05, 0) is 26.8 Å². The maximum atomic E-state index is 5.26. The summed E-state index contributed by atoms with van der Waals surface area (Å²) in [4.78, 5) is 2.56. The highest BCUT2D eigenvalue weighted by Crippen LogP contribution is 2.37. The van der Waals surface area contributed by atoms with Crippen molar-refractivity contribution in [2.24, 2.45) is 5.41 Å². The molecule has 0 atom stereocenters. The van der Waals surface area contributed by atoms with Crippen molar-refractivity contribution in [3.63, 3.8) is 0 Å². The van der Waals surface area contributed by atoms with Gasteiger partial charge in [-0.2, -0.15) is 0 Å². The summed E-state index contributed by atoms with van der Waals surface area (Å²) >= 11 is 0. The third-order valence-electron chi connectivity index (χ3n) is 3.01. The predicted molar refractivity (Wildman–Crippen MR) is 44.6 cm³/mol. The monoisotopic (exact) mass is 155 g/mol. The third kappa shape index (κ3) is 1.18. The van der Waals surface area contributed by atoms with E-state index in [1.54, 1.807) is 0 Å². The summed E-state index contributed by atoms with van der Waals surface area (Å²) in [7, 11) is 0. The maximum Gasteiger partial charge on any atom is 0.0557 e. The minimum Gasteiger partial charge on any atom is -0.380 e. The molecule has 0 aromatic carbocycles. The van der Waals surface area contributed by atoms with E-state index < -0.39 is 0 Å². The molecule has 2 aliphatic rings. The molecule has 0 aromatic rings. The minimum absolute atomic E-state index is 0.574. The van der Waals surface area contributed by atoms with Crippen LogP contribution in [0.4, 0.5) is 0 Å². The van der Waals surface area contributed by atoms with Crippen molar-refractivity contribution >= 4 is 0 Å². The van der Waals surface area contributed by atoms with Gasteiger partial charge < -0.3 is 9.64 Å². The Morgan fingerprint density at radius 3 is 2.36 bits per heavy atom. The summed E-state index contributed by atoms with van der Waals surface area (Å²) < 4.78 is 5.26. The van der Waals surface area contributed by atoms with Gasteiger partial charge in [-0.1, -0.05) is 0 Å². The molecule has 2 aliphatic heterocycles. The molecule has 2 nitrogen and oxygen atoms in total. The fourth-order valence-electron chi connectivity index (χ4n) is 2.04. The number of hydrogen-bond donors (Lipinski definition) is 0. The standard InChI is InChI=1S/C9H17NO/c1-8(2)10-4-3-9(5-10)6-11-7-9/h8H,3-7H2,1-2H3. The van der Waals surface area contributed by atoms with Gasteiger partial charge in [-0.25, -0.2) is 0 Å². The van der Waals surface area contributed by atoms with E-state index in [1.165, 1.54) is 19.5 Å². The Morgan fingerprint density at radius 1 is 1.36 bits per heavy atom. The molecule has 0 unspecified atom stereocenters. The molecule has 2 saturated heterocycles. The highest BCUT2D eigenvalue weighted by Gasteiger charge is 2.44. The van der Waals surface area contributed by atoms with Gasteiger partial charge in [0.1, 0.15) is 0 Å². The van der Waals surface area contributed by atoms with Gasteiger partial charge in [0.2, 0.25) is 0 Å². The van der Waals surface area contributed by atoms with Crippen molar-refractivity contribution in [3.05, 3.63) is 0 Å². The second-order valence-electron chi connectivity index (χ2n) is 4.31. The van der Waals surface area contributed by atoms with Gasteiger partial charge in [0.25, 0.3) is 0 Å². The normalized spacial score (nSPS) is 29.7. The van der Waals surface area contributed by atoms with Gasteiger partial charge in [-0.15, -0.1) is 0 Å². The summed E-state index contributed by atoms with van der Waals surface area (Å²) in [6, 6.07) is 0.718. The van der Waals surface area contributed by atoms with E-state index in [1.807, 2.05) is 0 Å². The van der Waals surface area contributed by atoms with Gasteiger partial charge in [0.05, 0.1) is 13.2 Å². The molecular formula is C9H17NO. The van der Waals surface area contributed by atoms with Crippen LogP contribution in [-0.4, -0.2) is 37.2 Å². The molecule has 64 valence electrons. The maximum absolute atomic E-state index is 5.26. The molecule has 2 heterocycles. The third-order valence-corrected chi connectivity index (χ3v) is 3.01. The van der Waals surface area contributed by atoms with Crippen LogP contribution in [0.15, 0.2) is 0 Å². The topological polar surface area (TPSA) is 12.5 Å². The molecule has 0 amide bonds. The van der Waals surface area contributed by atoms with Crippen LogP contribution < -0.4 is 0 Å². The number of ether oxygens (including phenoxy) is 1. The van der Waals surface area contributed by atoms with Crippen LogP contribution in [-0.2, 0) is 4.74 Å². The van der Waals surface area contributed by atoms with Crippen LogP contribution in [0.3, 0.4) is 0 Å². The summed E-state index contributed by atoms with van der Waals surface area (Å²) in [6.07, 6.45) is 1.35. The van der Waals surface area contributed by atoms with Crippen molar-refractivity contribution in [2.75, 3.05) is 26.3 Å². The smallest absolute Gasteiger partial charge is 0.0557 e. The Labute approximate surface area is 68.5 Å². The van der Waals surface area contributed by atoms with Gasteiger partial charge in [0.15, 0.2) is 0 Å². The van der Waals surface area contributed by atoms with Crippen LogP contribution in [0.5, 0.6) is 0 Å². The molecule has 2 fully saturated rings. The van der Waals surface area contributed by atoms with Crippen LogP contribution in [0, 0.1) is 5.41 Å². The first kappa shape index (κ1) is 7.56. The number of hydrogen-bond acceptors (Lipinski definition) is 2. The van der Waals surface area contributed by atoms with E-state index in [0.29, 0.717) is 5.41 Å². The van der Waals surface area contributed by atoms with E-state index in [4.69, 9.17) is 4.74 Å². The average molecular weight is 155 g/mol. The second kappa shape index (κ2) is 2.46. The summed E-state index contributed by atoms with van der Waals surface area (Å²) in [5.41, 5.74) is 0.574. The zero-order valence-corrected chi connectivity index (χ0v) is 7.47. The van der Waals surface area contributed by atoms with E-state index in [9.17, 15) is 0 Å². The zero-order chi connectivity index (χ0) is 7.90. The average Bonchev–Trinajstić information content (AvgIpc) is 2.28. The Bertz CT molecular complexity index is 152. The molecule has 2 rings (SSSR count). The second-order valence-corrected chi connectivity index (χ2v) is 4.31. The van der Waals surface area contributed by atoms with Crippen molar-refractivity contribution in [2.45, 2.75) is 26.3 Å². The van der Waals surface area contributed by atoms with Crippen molar-refractivity contribution < 1.29 is 4.74 Å². The first-order chi connectivity index (χ1) is 5.22. The Kier molecular flexibility index (Phi) is 1.69. The van der Waals surface area contributed by atoms with Crippen molar-refractivity contribution in [1.29, 1.82) is 0 Å². The van der Waals surface area contributed by atoms with Crippen LogP contribution in [0.2, 0.25) is 0 Å². The van der Waals surface area contributed by atoms with Crippen molar-refractivity contribution in [1.82, 2.24) is 4.90 Å². The van der Waals surface area contributed by atoms with E-state index in [-0.39, 0.29) is 0 Å². The minimum atomic E-state index is 0.574. The van der Waals surface area contributed by atoms with E-state index in [0.717, 1.165) is 19.3 Å². The quantitative estimate of drug-likeness (QED) is 0.562. The van der Waals surface area contributed by atoms with E-state index in [2.05, 4.69) is 18.7 Å². The van der Waals surface area contributed by atoms with Crippen LogP contribution >= 0.6 is 0 Å². The van der Waals surface area contributed by atoms with E-state index >= 15 is 0 Å². The first-order valence-corrected chi connectivity index (χ1v) is 4.54. The molecule has 2 heteroatoms. The molecule has 0 saturated carbocycles. The van der Waals surface area contributed by atoms with Gasteiger partial charge in [0, 0.05) is 18.0 Å². The molecule has 0 aliphatic carbocycles. The zero-order valence-electron chi connectivity index (χ0n) is 7.47. The molecule has 0 aromatic heterocycles. The largest absolute Gasteiger partial charge is 0.380 e. The Morgan fingerprint density at radius 2 is 2.09 bits per heavy atom. The molecular weight excluding hydrogens is 138 g/mol. The number of nitrogens with zero attached hydrogens (tertiary/aromatic N) is 1.